The molecule has 2 aromatic rings. The van der Waals surface area contributed by atoms with Crippen molar-refractivity contribution in [1.29, 1.82) is 0 Å². The van der Waals surface area contributed by atoms with Gasteiger partial charge in [0.25, 0.3) is 5.91 Å². The number of carbonyl (C=O) groups excluding carboxylic acids is 2. The number of anilines is 1. The lowest BCUT2D eigenvalue weighted by Gasteiger charge is -2.11. The topological polar surface area (TPSA) is 73.9 Å². The van der Waals surface area contributed by atoms with E-state index in [4.69, 9.17) is 37.4 Å². The molecule has 8 heteroatoms. The van der Waals surface area contributed by atoms with E-state index in [0.717, 1.165) is 0 Å². The predicted octanol–water partition coefficient (Wildman–Crippen LogP) is 4.73. The fraction of sp³-hybridized carbons (Fsp3) is 0.300. The van der Waals surface area contributed by atoms with Crippen molar-refractivity contribution in [3.63, 3.8) is 0 Å². The van der Waals surface area contributed by atoms with Gasteiger partial charge in [0.15, 0.2) is 6.61 Å². The van der Waals surface area contributed by atoms with Crippen LogP contribution in [0.3, 0.4) is 0 Å². The molecule has 2 aromatic carbocycles. The molecule has 0 atom stereocenters. The summed E-state index contributed by atoms with van der Waals surface area (Å²) in [4.78, 5) is 23.7. The average Bonchev–Trinajstić information content (AvgIpc) is 2.67. The summed E-state index contributed by atoms with van der Waals surface area (Å²) in [5, 5.41) is 3.58. The van der Waals surface area contributed by atoms with Crippen LogP contribution in [0.5, 0.6) is 11.5 Å². The van der Waals surface area contributed by atoms with Crippen LogP contribution in [0.1, 0.15) is 19.8 Å². The molecule has 0 aromatic heterocycles. The van der Waals surface area contributed by atoms with Gasteiger partial charge < -0.3 is 19.5 Å². The maximum Gasteiger partial charge on any atom is 0.306 e. The van der Waals surface area contributed by atoms with Gasteiger partial charge in [-0.05, 0) is 43.7 Å². The Labute approximate surface area is 173 Å². The standard InChI is InChI=1S/C20H21Cl2NO5/c1-2-26-18-7-4-3-6-16(18)23-19(24)13-28-20(25)8-5-11-27-17-10-9-14(21)12-15(17)22/h3-4,6-7,9-10,12H,2,5,8,11,13H2,1H3,(H,23,24). The fourth-order valence-electron chi connectivity index (χ4n) is 2.25. The number of carbonyl (C=O) groups is 2. The Balaban J connectivity index is 1.67. The molecule has 0 unspecified atom stereocenters. The Morgan fingerprint density at radius 1 is 1.04 bits per heavy atom. The molecule has 2 rings (SSSR count). The van der Waals surface area contributed by atoms with Gasteiger partial charge in [0.1, 0.15) is 11.5 Å². The molecule has 0 fully saturated rings. The van der Waals surface area contributed by atoms with Crippen LogP contribution in [0, 0.1) is 0 Å². The molecule has 0 saturated carbocycles. The van der Waals surface area contributed by atoms with Gasteiger partial charge in [0.05, 0.1) is 23.9 Å². The summed E-state index contributed by atoms with van der Waals surface area (Å²) in [5.74, 6) is 0.123. The molecule has 0 saturated heterocycles. The van der Waals surface area contributed by atoms with E-state index in [2.05, 4.69) is 5.32 Å². The van der Waals surface area contributed by atoms with Crippen LogP contribution in [0.2, 0.25) is 10.0 Å². The third kappa shape index (κ3) is 7.29. The van der Waals surface area contributed by atoms with Crippen molar-refractivity contribution in [2.45, 2.75) is 19.8 Å². The summed E-state index contributed by atoms with van der Waals surface area (Å²) in [5.41, 5.74) is 0.527. The molecular formula is C20H21Cl2NO5. The minimum atomic E-state index is -0.487. The highest BCUT2D eigenvalue weighted by Gasteiger charge is 2.11. The molecule has 0 bridgehead atoms. The molecule has 150 valence electrons. The van der Waals surface area contributed by atoms with Crippen LogP contribution in [0.4, 0.5) is 5.69 Å². The van der Waals surface area contributed by atoms with Gasteiger partial charge >= 0.3 is 5.97 Å². The third-order valence-corrected chi connectivity index (χ3v) is 4.03. The quantitative estimate of drug-likeness (QED) is 0.439. The zero-order valence-corrected chi connectivity index (χ0v) is 16.9. The average molecular weight is 426 g/mol. The maximum absolute atomic E-state index is 12.0. The van der Waals surface area contributed by atoms with Crippen LogP contribution in [-0.2, 0) is 14.3 Å². The van der Waals surface area contributed by atoms with Crippen LogP contribution < -0.4 is 14.8 Å². The fourth-order valence-corrected chi connectivity index (χ4v) is 2.71. The van der Waals surface area contributed by atoms with Gasteiger partial charge in [0, 0.05) is 11.4 Å². The number of hydrogen-bond acceptors (Lipinski definition) is 5. The van der Waals surface area contributed by atoms with Gasteiger partial charge in [-0.2, -0.15) is 0 Å². The largest absolute Gasteiger partial charge is 0.492 e. The zero-order chi connectivity index (χ0) is 20.4. The normalized spacial score (nSPS) is 10.2. The van der Waals surface area contributed by atoms with Crippen LogP contribution in [0.25, 0.3) is 0 Å². The van der Waals surface area contributed by atoms with Crippen molar-refractivity contribution in [2.24, 2.45) is 0 Å². The van der Waals surface area contributed by atoms with Crippen molar-refractivity contribution in [3.05, 3.63) is 52.5 Å². The summed E-state index contributed by atoms with van der Waals surface area (Å²) < 4.78 is 15.9. The molecule has 1 N–H and O–H groups in total. The smallest absolute Gasteiger partial charge is 0.306 e. The molecular weight excluding hydrogens is 405 g/mol. The number of rotatable bonds is 10. The van der Waals surface area contributed by atoms with Crippen LogP contribution in [0.15, 0.2) is 42.5 Å². The second-order valence-electron chi connectivity index (χ2n) is 5.66. The second-order valence-corrected chi connectivity index (χ2v) is 6.51. The first kappa shape index (κ1) is 21.9. The van der Waals surface area contributed by atoms with Gasteiger partial charge in [-0.25, -0.2) is 0 Å². The van der Waals surface area contributed by atoms with E-state index in [1.165, 1.54) is 0 Å². The summed E-state index contributed by atoms with van der Waals surface area (Å²) in [6.07, 6.45) is 0.542. The Bertz CT molecular complexity index is 813. The molecule has 0 heterocycles. The van der Waals surface area contributed by atoms with Gasteiger partial charge in [-0.3, -0.25) is 9.59 Å². The molecule has 0 spiro atoms. The van der Waals surface area contributed by atoms with Gasteiger partial charge in [0.2, 0.25) is 0 Å². The number of hydrogen-bond donors (Lipinski definition) is 1. The minimum absolute atomic E-state index is 0.119. The SMILES string of the molecule is CCOc1ccccc1NC(=O)COC(=O)CCCOc1ccc(Cl)cc1Cl. The van der Waals surface area contributed by atoms with E-state index in [9.17, 15) is 9.59 Å². The van der Waals surface area contributed by atoms with Crippen LogP contribution >= 0.6 is 23.2 Å². The van der Waals surface area contributed by atoms with Gasteiger partial charge in [-0.1, -0.05) is 35.3 Å². The summed E-state index contributed by atoms with van der Waals surface area (Å²) in [6, 6.07) is 11.9. The minimum Gasteiger partial charge on any atom is -0.492 e. The summed E-state index contributed by atoms with van der Waals surface area (Å²) in [6.45, 7) is 2.24. The number of amides is 1. The van der Waals surface area contributed by atoms with Crippen molar-refractivity contribution in [3.8, 4) is 11.5 Å². The molecule has 6 nitrogen and oxygen atoms in total. The van der Waals surface area contributed by atoms with Crippen LogP contribution in [-0.4, -0.2) is 31.7 Å². The van der Waals surface area contributed by atoms with E-state index in [0.29, 0.717) is 40.3 Å². The first-order valence-corrected chi connectivity index (χ1v) is 9.50. The lowest BCUT2D eigenvalue weighted by Crippen LogP contribution is -2.21. The summed E-state index contributed by atoms with van der Waals surface area (Å²) in [7, 11) is 0. The first-order chi connectivity index (χ1) is 13.5. The number of halogens is 2. The zero-order valence-electron chi connectivity index (χ0n) is 15.4. The number of benzene rings is 2. The molecule has 1 amide bonds. The highest BCUT2D eigenvalue weighted by molar-refractivity contribution is 6.35. The monoisotopic (exact) mass is 425 g/mol. The highest BCUT2D eigenvalue weighted by atomic mass is 35.5. The number of esters is 1. The van der Waals surface area contributed by atoms with E-state index >= 15 is 0 Å². The first-order valence-electron chi connectivity index (χ1n) is 8.74. The molecule has 0 aliphatic rings. The van der Waals surface area contributed by atoms with Crippen molar-refractivity contribution < 1.29 is 23.8 Å². The predicted molar refractivity (Wildman–Crippen MR) is 108 cm³/mol. The molecule has 0 aliphatic carbocycles. The van der Waals surface area contributed by atoms with E-state index in [1.54, 1.807) is 42.5 Å². The van der Waals surface area contributed by atoms with Crippen molar-refractivity contribution in [1.82, 2.24) is 0 Å². The lowest BCUT2D eigenvalue weighted by molar-refractivity contribution is -0.147. The Morgan fingerprint density at radius 2 is 1.82 bits per heavy atom. The molecule has 0 radical (unpaired) electrons. The second kappa shape index (κ2) is 11.4. The number of para-hydroxylation sites is 2. The highest BCUT2D eigenvalue weighted by Crippen LogP contribution is 2.27. The molecule has 0 aliphatic heterocycles. The third-order valence-electron chi connectivity index (χ3n) is 3.50. The van der Waals surface area contributed by atoms with Crippen molar-refractivity contribution >= 4 is 40.8 Å². The van der Waals surface area contributed by atoms with E-state index in [-0.39, 0.29) is 19.6 Å². The summed E-state index contributed by atoms with van der Waals surface area (Å²) >= 11 is 11.8. The van der Waals surface area contributed by atoms with Gasteiger partial charge in [-0.15, -0.1) is 0 Å². The number of ether oxygens (including phenoxy) is 3. The van der Waals surface area contributed by atoms with E-state index < -0.39 is 11.9 Å². The molecule has 28 heavy (non-hydrogen) atoms. The Morgan fingerprint density at radius 3 is 2.57 bits per heavy atom. The maximum atomic E-state index is 12.0. The lowest BCUT2D eigenvalue weighted by atomic mass is 10.3. The van der Waals surface area contributed by atoms with Crippen molar-refractivity contribution in [2.75, 3.05) is 25.1 Å². The number of nitrogens with one attached hydrogen (secondary N) is 1. The Kier molecular flexibility index (Phi) is 8.91. The van der Waals surface area contributed by atoms with E-state index in [1.807, 2.05) is 6.92 Å². The Hall–Kier alpha value is -2.44.